The van der Waals surface area contributed by atoms with Crippen LogP contribution in [0, 0.1) is 0 Å². The van der Waals surface area contributed by atoms with E-state index in [0.29, 0.717) is 17.7 Å². The predicted octanol–water partition coefficient (Wildman–Crippen LogP) is 2.55. The van der Waals surface area contributed by atoms with Gasteiger partial charge in [-0.1, -0.05) is 0 Å². The van der Waals surface area contributed by atoms with Crippen LogP contribution < -0.4 is 4.48 Å². The third-order valence-electron chi connectivity index (χ3n) is 2.14. The molecule has 1 aromatic rings. The average Bonchev–Trinajstić information content (AvgIpc) is 2.65. The van der Waals surface area contributed by atoms with Crippen molar-refractivity contribution in [2.45, 2.75) is 20.1 Å². The van der Waals surface area contributed by atoms with Gasteiger partial charge in [0.15, 0.2) is 5.76 Å². The van der Waals surface area contributed by atoms with Crippen molar-refractivity contribution in [2.24, 2.45) is 0 Å². The molecule has 0 N–H and O–H groups in total. The van der Waals surface area contributed by atoms with Crippen LogP contribution in [0.5, 0.6) is 0 Å². The fourth-order valence-electron chi connectivity index (χ4n) is 1.34. The maximum atomic E-state index is 5.74. The van der Waals surface area contributed by atoms with Gasteiger partial charge in [0.1, 0.15) is 0 Å². The maximum absolute atomic E-state index is 5.74. The lowest BCUT2D eigenvalue weighted by Gasteiger charge is -2.19. The largest absolute Gasteiger partial charge is 0.412 e. The van der Waals surface area contributed by atoms with Gasteiger partial charge in [-0.05, 0) is 19.9 Å². The first kappa shape index (κ1) is 13.2. The van der Waals surface area contributed by atoms with Gasteiger partial charge in [-0.15, -0.1) is 0 Å². The smallest absolute Gasteiger partial charge is 0.296 e. The molecule has 0 radical (unpaired) electrons. The van der Waals surface area contributed by atoms with E-state index in [1.807, 2.05) is 26.0 Å². The highest BCUT2D eigenvalue weighted by molar-refractivity contribution is 5.30. The molecule has 0 fully saturated rings. The molecule has 0 aliphatic carbocycles. The quantitative estimate of drug-likeness (QED) is 0.554. The topological polar surface area (TPSA) is 31.6 Å². The van der Waals surface area contributed by atoms with E-state index >= 15 is 0 Å². The van der Waals surface area contributed by atoms with Gasteiger partial charge in [-0.2, -0.15) is 0 Å². The van der Waals surface area contributed by atoms with E-state index in [0.717, 1.165) is 11.6 Å². The van der Waals surface area contributed by atoms with Gasteiger partial charge in [0.05, 0.1) is 21.1 Å². The molecule has 0 spiro atoms. The van der Waals surface area contributed by atoms with Gasteiger partial charge < -0.3 is 13.9 Å². The molecule has 1 aromatic heterocycles. The van der Waals surface area contributed by atoms with Crippen molar-refractivity contribution in [2.75, 3.05) is 34.4 Å². The van der Waals surface area contributed by atoms with Crippen molar-refractivity contribution in [3.05, 3.63) is 17.9 Å². The Morgan fingerprint density at radius 1 is 1.12 bits per heavy atom. The summed E-state index contributed by atoms with van der Waals surface area (Å²) < 4.78 is 17.3. The van der Waals surface area contributed by atoms with Crippen LogP contribution >= 0.6 is 0 Å². The molecular weight excluding hydrogens is 206 g/mol. The summed E-state index contributed by atoms with van der Waals surface area (Å²) in [6.07, 6.45) is -0.393. The molecule has 0 atom stereocenters. The highest BCUT2D eigenvalue weighted by atomic mass is 16.7. The van der Waals surface area contributed by atoms with E-state index < -0.39 is 6.29 Å². The molecule has 4 nitrogen and oxygen atoms in total. The molecule has 0 aliphatic rings. The van der Waals surface area contributed by atoms with Gasteiger partial charge in [0.25, 0.3) is 5.88 Å². The molecule has 0 aromatic carbocycles. The van der Waals surface area contributed by atoms with Crippen LogP contribution in [-0.4, -0.2) is 34.4 Å². The molecule has 0 bridgehead atoms. The fraction of sp³-hybridized carbons (Fsp3) is 0.667. The Labute approximate surface area is 97.3 Å². The lowest BCUT2D eigenvalue weighted by Crippen LogP contribution is -2.34. The Morgan fingerprint density at radius 2 is 1.69 bits per heavy atom. The average molecular weight is 228 g/mol. The fourth-order valence-corrected chi connectivity index (χ4v) is 1.34. The van der Waals surface area contributed by atoms with Crippen LogP contribution in [0.15, 0.2) is 16.5 Å². The first-order valence-corrected chi connectivity index (χ1v) is 5.64. The Balaban J connectivity index is 2.81. The second kappa shape index (κ2) is 5.48. The van der Waals surface area contributed by atoms with Crippen LogP contribution in [0.25, 0.3) is 0 Å². The molecule has 0 saturated carbocycles. The van der Waals surface area contributed by atoms with E-state index in [9.17, 15) is 0 Å². The zero-order valence-electron chi connectivity index (χ0n) is 10.8. The molecule has 0 saturated heterocycles. The third-order valence-corrected chi connectivity index (χ3v) is 2.14. The van der Waals surface area contributed by atoms with Gasteiger partial charge in [0, 0.05) is 19.3 Å². The lowest BCUT2D eigenvalue weighted by molar-refractivity contribution is -0.150. The molecule has 4 heteroatoms. The third kappa shape index (κ3) is 3.33. The first-order chi connectivity index (χ1) is 7.49. The van der Waals surface area contributed by atoms with E-state index in [-0.39, 0.29) is 0 Å². The maximum Gasteiger partial charge on any atom is 0.296 e. The SMILES string of the molecule is CCOC(OCC)c1ccc([N+](C)(C)C)o1. The van der Waals surface area contributed by atoms with Crippen molar-refractivity contribution in [1.82, 2.24) is 4.48 Å². The van der Waals surface area contributed by atoms with Crippen LogP contribution in [0.1, 0.15) is 25.9 Å². The van der Waals surface area contributed by atoms with Crippen LogP contribution in [0.3, 0.4) is 0 Å². The minimum absolute atomic E-state index is 0.393. The normalized spacial score (nSPS) is 12.4. The Hall–Kier alpha value is -0.840. The monoisotopic (exact) mass is 228 g/mol. The van der Waals surface area contributed by atoms with Crippen molar-refractivity contribution in [3.8, 4) is 0 Å². The molecule has 0 amide bonds. The van der Waals surface area contributed by atoms with Crippen molar-refractivity contribution in [1.29, 1.82) is 0 Å². The Kier molecular flexibility index (Phi) is 4.53. The van der Waals surface area contributed by atoms with Crippen LogP contribution in [0.4, 0.5) is 5.88 Å². The second-order valence-electron chi connectivity index (χ2n) is 4.43. The zero-order valence-corrected chi connectivity index (χ0v) is 10.8. The highest BCUT2D eigenvalue weighted by Gasteiger charge is 2.22. The molecule has 16 heavy (non-hydrogen) atoms. The Morgan fingerprint density at radius 3 is 2.06 bits per heavy atom. The van der Waals surface area contributed by atoms with Crippen molar-refractivity contribution < 1.29 is 13.9 Å². The van der Waals surface area contributed by atoms with E-state index in [1.54, 1.807) is 0 Å². The lowest BCUT2D eigenvalue weighted by atomic mass is 10.4. The summed E-state index contributed by atoms with van der Waals surface area (Å²) >= 11 is 0. The summed E-state index contributed by atoms with van der Waals surface area (Å²) in [6.45, 7) is 5.08. The van der Waals surface area contributed by atoms with Crippen molar-refractivity contribution in [3.63, 3.8) is 0 Å². The number of rotatable bonds is 6. The summed E-state index contributed by atoms with van der Waals surface area (Å²) in [6, 6.07) is 3.87. The highest BCUT2D eigenvalue weighted by Crippen LogP contribution is 2.27. The first-order valence-electron chi connectivity index (χ1n) is 5.64. The number of quaternary nitrogens is 1. The van der Waals surface area contributed by atoms with E-state index in [4.69, 9.17) is 13.9 Å². The number of hydrogen-bond donors (Lipinski definition) is 0. The van der Waals surface area contributed by atoms with Gasteiger partial charge >= 0.3 is 0 Å². The molecule has 0 aliphatic heterocycles. The van der Waals surface area contributed by atoms with E-state index in [1.165, 1.54) is 0 Å². The summed E-state index contributed by atoms with van der Waals surface area (Å²) in [4.78, 5) is 0. The summed E-state index contributed by atoms with van der Waals surface area (Å²) in [5.74, 6) is 1.62. The summed E-state index contributed by atoms with van der Waals surface area (Å²) in [5.41, 5.74) is 0. The van der Waals surface area contributed by atoms with Crippen LogP contribution in [0.2, 0.25) is 0 Å². The number of ether oxygens (including phenoxy) is 2. The number of nitrogens with zero attached hydrogens (tertiary/aromatic N) is 1. The zero-order chi connectivity index (χ0) is 12.2. The molecular formula is C12H22NO3+. The van der Waals surface area contributed by atoms with Crippen molar-refractivity contribution >= 4 is 5.88 Å². The molecule has 1 heterocycles. The number of furan rings is 1. The molecule has 0 unspecified atom stereocenters. The minimum atomic E-state index is -0.393. The predicted molar refractivity (Wildman–Crippen MR) is 64.3 cm³/mol. The minimum Gasteiger partial charge on any atom is -0.412 e. The van der Waals surface area contributed by atoms with Crippen LogP contribution in [-0.2, 0) is 9.47 Å². The molecule has 92 valence electrons. The Bertz CT molecular complexity index is 308. The summed E-state index contributed by atoms with van der Waals surface area (Å²) in [5, 5.41) is 0. The van der Waals surface area contributed by atoms with Gasteiger partial charge in [0.2, 0.25) is 6.29 Å². The second-order valence-corrected chi connectivity index (χ2v) is 4.43. The standard InChI is InChI=1S/C12H22NO3/c1-6-14-12(15-7-2)10-8-9-11(16-10)13(3,4)5/h8-9,12H,6-7H2,1-5H3/q+1. The number of hydrogen-bond acceptors (Lipinski definition) is 3. The van der Waals surface area contributed by atoms with Gasteiger partial charge in [-0.25, -0.2) is 0 Å². The van der Waals surface area contributed by atoms with Gasteiger partial charge in [-0.3, -0.25) is 4.48 Å². The molecule has 1 rings (SSSR count). The summed E-state index contributed by atoms with van der Waals surface area (Å²) in [7, 11) is 6.16. The van der Waals surface area contributed by atoms with E-state index in [2.05, 4.69) is 21.1 Å².